The first-order valence-electron chi connectivity index (χ1n) is 10.5. The molecule has 3 rings (SSSR count). The number of carbonyl (C=O) groups is 2. The number of ether oxygens (including phenoxy) is 2. The number of hydrogen-bond acceptors (Lipinski definition) is 6. The molecule has 164 valence electrons. The Morgan fingerprint density at radius 1 is 1.10 bits per heavy atom. The Balaban J connectivity index is 1.71. The van der Waals surface area contributed by atoms with Crippen molar-refractivity contribution in [2.24, 2.45) is 5.92 Å². The van der Waals surface area contributed by atoms with E-state index in [0.717, 1.165) is 11.0 Å². The largest absolute Gasteiger partial charge is 0.496 e. The number of hydrogen-bond donors (Lipinski definition) is 0. The van der Waals surface area contributed by atoms with Gasteiger partial charge >= 0.3 is 13.1 Å². The Morgan fingerprint density at radius 2 is 1.70 bits per heavy atom. The number of benzene rings is 1. The lowest BCUT2D eigenvalue weighted by molar-refractivity contribution is -0.148. The molecule has 30 heavy (non-hydrogen) atoms. The smallest absolute Gasteiger partial charge is 0.494 e. The van der Waals surface area contributed by atoms with Crippen molar-refractivity contribution in [2.45, 2.75) is 58.2 Å². The summed E-state index contributed by atoms with van der Waals surface area (Å²) in [5.74, 6) is 0.356. The molecule has 1 aromatic rings. The highest BCUT2D eigenvalue weighted by molar-refractivity contribution is 6.62. The maximum absolute atomic E-state index is 12.9. The van der Waals surface area contributed by atoms with E-state index in [0.29, 0.717) is 31.7 Å². The quantitative estimate of drug-likeness (QED) is 0.539. The maximum atomic E-state index is 12.9. The molecule has 0 aromatic heterocycles. The van der Waals surface area contributed by atoms with Crippen LogP contribution in [-0.4, -0.2) is 62.4 Å². The molecule has 2 heterocycles. The van der Waals surface area contributed by atoms with E-state index in [9.17, 15) is 9.59 Å². The van der Waals surface area contributed by atoms with E-state index in [-0.39, 0.29) is 24.2 Å². The second-order valence-electron chi connectivity index (χ2n) is 9.01. The first-order valence-corrected chi connectivity index (χ1v) is 10.5. The fraction of sp³-hybridized carbons (Fsp3) is 0.636. The zero-order valence-electron chi connectivity index (χ0n) is 18.8. The molecule has 1 aromatic carbocycles. The van der Waals surface area contributed by atoms with Crippen LogP contribution in [-0.2, 0) is 30.1 Å². The van der Waals surface area contributed by atoms with Crippen LogP contribution in [0.5, 0.6) is 5.75 Å². The Bertz CT molecular complexity index is 785. The van der Waals surface area contributed by atoms with Gasteiger partial charge in [-0.15, -0.1) is 0 Å². The first-order chi connectivity index (χ1) is 14.1. The minimum atomic E-state index is -0.495. The monoisotopic (exact) mass is 417 g/mol. The summed E-state index contributed by atoms with van der Waals surface area (Å²) in [6.45, 7) is 9.16. The van der Waals surface area contributed by atoms with Gasteiger partial charge < -0.3 is 23.7 Å². The summed E-state index contributed by atoms with van der Waals surface area (Å²) in [7, 11) is 2.50. The van der Waals surface area contributed by atoms with E-state index in [4.69, 9.17) is 18.8 Å². The van der Waals surface area contributed by atoms with Gasteiger partial charge in [-0.25, -0.2) is 0 Å². The van der Waals surface area contributed by atoms with Crippen molar-refractivity contribution < 1.29 is 28.4 Å². The topological polar surface area (TPSA) is 74.3 Å². The van der Waals surface area contributed by atoms with E-state index in [1.807, 2.05) is 45.9 Å². The predicted octanol–water partition coefficient (Wildman–Crippen LogP) is 1.95. The Hall–Kier alpha value is -2.06. The van der Waals surface area contributed by atoms with Crippen molar-refractivity contribution in [3.8, 4) is 5.75 Å². The van der Waals surface area contributed by atoms with Crippen LogP contribution < -0.4 is 10.2 Å². The maximum Gasteiger partial charge on any atom is 0.494 e. The van der Waals surface area contributed by atoms with Crippen molar-refractivity contribution in [3.63, 3.8) is 0 Å². The Kier molecular flexibility index (Phi) is 6.48. The summed E-state index contributed by atoms with van der Waals surface area (Å²) in [5.41, 5.74) is 0.793. The SMILES string of the molecule is COC(=O)C1CCN(C(=O)Cc2cc(B3OC(C)(C)C(C)(C)O3)ccc2OC)CC1. The number of likely N-dealkylation sites (tertiary alicyclic amines) is 1. The summed E-state index contributed by atoms with van der Waals surface area (Å²) >= 11 is 0. The highest BCUT2D eigenvalue weighted by atomic mass is 16.7. The van der Waals surface area contributed by atoms with Gasteiger partial charge in [0.05, 0.1) is 37.8 Å². The van der Waals surface area contributed by atoms with E-state index in [2.05, 4.69) is 0 Å². The van der Waals surface area contributed by atoms with Crippen molar-refractivity contribution in [1.29, 1.82) is 0 Å². The average Bonchev–Trinajstić information content (AvgIpc) is 2.94. The lowest BCUT2D eigenvalue weighted by Gasteiger charge is -2.32. The van der Waals surface area contributed by atoms with Crippen LogP contribution in [0.4, 0.5) is 0 Å². The normalized spacial score (nSPS) is 20.9. The van der Waals surface area contributed by atoms with E-state index in [1.165, 1.54) is 7.11 Å². The van der Waals surface area contributed by atoms with Crippen LogP contribution in [0.2, 0.25) is 0 Å². The van der Waals surface area contributed by atoms with Gasteiger partial charge in [0.25, 0.3) is 0 Å². The van der Waals surface area contributed by atoms with Crippen molar-refractivity contribution in [3.05, 3.63) is 23.8 Å². The van der Waals surface area contributed by atoms with E-state index < -0.39 is 18.3 Å². The zero-order chi connectivity index (χ0) is 22.1. The highest BCUT2D eigenvalue weighted by Crippen LogP contribution is 2.36. The van der Waals surface area contributed by atoms with Gasteiger partial charge in [-0.05, 0) is 52.1 Å². The molecule has 2 fully saturated rings. The molecule has 1 amide bonds. The molecule has 0 unspecified atom stereocenters. The summed E-state index contributed by atoms with van der Waals surface area (Å²) in [4.78, 5) is 26.4. The average molecular weight is 417 g/mol. The lowest BCUT2D eigenvalue weighted by atomic mass is 9.78. The first kappa shape index (κ1) is 22.6. The van der Waals surface area contributed by atoms with Gasteiger partial charge in [0.1, 0.15) is 5.75 Å². The van der Waals surface area contributed by atoms with Crippen LogP contribution in [0, 0.1) is 5.92 Å². The van der Waals surface area contributed by atoms with Crippen LogP contribution in [0.3, 0.4) is 0 Å². The highest BCUT2D eigenvalue weighted by Gasteiger charge is 2.51. The van der Waals surface area contributed by atoms with Crippen LogP contribution >= 0.6 is 0 Å². The number of methoxy groups -OCH3 is 2. The molecule has 2 aliphatic heterocycles. The number of nitrogens with zero attached hydrogens (tertiary/aromatic N) is 1. The third-order valence-corrected chi connectivity index (χ3v) is 6.55. The van der Waals surface area contributed by atoms with Crippen LogP contribution in [0.25, 0.3) is 0 Å². The third kappa shape index (κ3) is 4.49. The fourth-order valence-electron chi connectivity index (χ4n) is 3.87. The molecule has 0 saturated carbocycles. The number of esters is 1. The molecule has 0 radical (unpaired) electrons. The van der Waals surface area contributed by atoms with E-state index in [1.54, 1.807) is 12.0 Å². The number of carbonyl (C=O) groups excluding carboxylic acids is 2. The van der Waals surface area contributed by atoms with Gasteiger partial charge in [0.15, 0.2) is 0 Å². The molecule has 2 aliphatic rings. The molecule has 7 nitrogen and oxygen atoms in total. The summed E-state index contributed by atoms with van der Waals surface area (Å²) < 4.78 is 22.6. The molecule has 0 spiro atoms. The number of amides is 1. The Morgan fingerprint density at radius 3 is 2.23 bits per heavy atom. The van der Waals surface area contributed by atoms with E-state index >= 15 is 0 Å². The second kappa shape index (κ2) is 8.59. The molecule has 2 saturated heterocycles. The number of rotatable bonds is 5. The van der Waals surface area contributed by atoms with Crippen molar-refractivity contribution >= 4 is 24.5 Å². The van der Waals surface area contributed by atoms with Gasteiger partial charge in [0.2, 0.25) is 5.91 Å². The van der Waals surface area contributed by atoms with Gasteiger partial charge in [-0.2, -0.15) is 0 Å². The van der Waals surface area contributed by atoms with Crippen LogP contribution in [0.15, 0.2) is 18.2 Å². The van der Waals surface area contributed by atoms with Crippen molar-refractivity contribution in [1.82, 2.24) is 4.90 Å². The molecule has 0 N–H and O–H groups in total. The minimum Gasteiger partial charge on any atom is -0.496 e. The molecule has 0 bridgehead atoms. The summed E-state index contributed by atoms with van der Waals surface area (Å²) in [6.07, 6.45) is 1.48. The third-order valence-electron chi connectivity index (χ3n) is 6.55. The van der Waals surface area contributed by atoms with Crippen LogP contribution in [0.1, 0.15) is 46.1 Å². The Labute approximate surface area is 179 Å². The zero-order valence-corrected chi connectivity index (χ0v) is 18.8. The molecule has 8 heteroatoms. The predicted molar refractivity (Wildman–Crippen MR) is 114 cm³/mol. The number of piperidine rings is 1. The summed E-state index contributed by atoms with van der Waals surface area (Å²) in [6, 6.07) is 5.70. The fourth-order valence-corrected chi connectivity index (χ4v) is 3.87. The lowest BCUT2D eigenvalue weighted by Crippen LogP contribution is -2.41. The molecular weight excluding hydrogens is 385 g/mol. The molecule has 0 atom stereocenters. The summed E-state index contributed by atoms with van der Waals surface area (Å²) in [5, 5.41) is 0. The molecule has 0 aliphatic carbocycles. The second-order valence-corrected chi connectivity index (χ2v) is 9.01. The van der Waals surface area contributed by atoms with Gasteiger partial charge in [-0.3, -0.25) is 9.59 Å². The van der Waals surface area contributed by atoms with Gasteiger partial charge in [-0.1, -0.05) is 12.1 Å². The molecular formula is C22H32BNO6. The van der Waals surface area contributed by atoms with Crippen molar-refractivity contribution in [2.75, 3.05) is 27.3 Å². The van der Waals surface area contributed by atoms with Gasteiger partial charge in [0, 0.05) is 18.7 Å². The standard InChI is InChI=1S/C22H32BNO6/c1-21(2)22(3,4)30-23(29-21)17-7-8-18(27-5)16(13-17)14-19(25)24-11-9-15(10-12-24)20(26)28-6/h7-8,13,15H,9-12,14H2,1-6H3. The minimum absolute atomic E-state index is 0.0164.